The molecule has 0 aliphatic carbocycles. The molecule has 148 valence electrons. The summed E-state index contributed by atoms with van der Waals surface area (Å²) in [5, 5.41) is 0. The van der Waals surface area contributed by atoms with Gasteiger partial charge in [0.15, 0.2) is 0 Å². The van der Waals surface area contributed by atoms with Crippen LogP contribution in [0.5, 0.6) is 5.75 Å². The molecule has 0 aromatic heterocycles. The van der Waals surface area contributed by atoms with E-state index in [1.165, 1.54) is 0 Å². The predicted octanol–water partition coefficient (Wildman–Crippen LogP) is 5.19. The smallest absolute Gasteiger partial charge is 0.241 e. The average Bonchev–Trinajstić information content (AvgIpc) is 2.60. The molecule has 1 N–H and O–H groups in total. The van der Waals surface area contributed by atoms with Crippen LogP contribution in [0, 0.1) is 12.8 Å². The number of aryl methyl sites for hydroxylation is 1. The lowest BCUT2D eigenvalue weighted by molar-refractivity contribution is 0.406. The van der Waals surface area contributed by atoms with E-state index in [0.29, 0.717) is 16.4 Å². The molecule has 0 heterocycles. The van der Waals surface area contributed by atoms with E-state index in [4.69, 9.17) is 4.74 Å². The van der Waals surface area contributed by atoms with Gasteiger partial charge in [-0.2, -0.15) is 0 Å². The summed E-state index contributed by atoms with van der Waals surface area (Å²) in [6.45, 7) is 10.1. The second kappa shape index (κ2) is 8.89. The second-order valence-corrected chi connectivity index (χ2v) is 9.41. The Morgan fingerprint density at radius 3 is 2.19 bits per heavy atom. The van der Waals surface area contributed by atoms with E-state index < -0.39 is 10.0 Å². The first-order valence-corrected chi connectivity index (χ1v) is 10.9. The number of rotatable bonds is 8. The lowest BCUT2D eigenvalue weighted by Gasteiger charge is -2.23. The Labute approximate surface area is 164 Å². The van der Waals surface area contributed by atoms with Gasteiger partial charge in [0.2, 0.25) is 10.0 Å². The molecule has 0 amide bonds. The second-order valence-electron chi connectivity index (χ2n) is 7.73. The van der Waals surface area contributed by atoms with Crippen LogP contribution in [-0.2, 0) is 10.0 Å². The SMILES string of the molecule is COc1cc(C)c(S(=O)(=O)NC(CC(C)C)c2ccccc2)cc1C(C)C. The Kier molecular flexibility index (Phi) is 7.06. The van der Waals surface area contributed by atoms with Crippen LogP contribution in [0.4, 0.5) is 0 Å². The molecule has 1 unspecified atom stereocenters. The maximum atomic E-state index is 13.2. The molecule has 0 saturated carbocycles. The lowest BCUT2D eigenvalue weighted by atomic mass is 9.98. The van der Waals surface area contributed by atoms with Crippen LogP contribution in [0.1, 0.15) is 62.8 Å². The third-order valence-electron chi connectivity index (χ3n) is 4.65. The molecule has 27 heavy (non-hydrogen) atoms. The van der Waals surface area contributed by atoms with Crippen LogP contribution < -0.4 is 9.46 Å². The summed E-state index contributed by atoms with van der Waals surface area (Å²) in [4.78, 5) is 0.316. The van der Waals surface area contributed by atoms with E-state index in [2.05, 4.69) is 18.6 Å². The van der Waals surface area contributed by atoms with Gasteiger partial charge in [-0.3, -0.25) is 0 Å². The zero-order chi connectivity index (χ0) is 20.2. The molecule has 0 radical (unpaired) electrons. The van der Waals surface area contributed by atoms with Crippen molar-refractivity contribution in [2.45, 2.75) is 57.9 Å². The normalized spacial score (nSPS) is 13.2. The van der Waals surface area contributed by atoms with E-state index >= 15 is 0 Å². The Bertz CT molecular complexity index is 859. The Morgan fingerprint density at radius 2 is 1.67 bits per heavy atom. The third kappa shape index (κ3) is 5.33. The average molecular weight is 390 g/mol. The van der Waals surface area contributed by atoms with Crippen molar-refractivity contribution in [3.8, 4) is 5.75 Å². The number of hydrogen-bond acceptors (Lipinski definition) is 3. The number of sulfonamides is 1. The van der Waals surface area contributed by atoms with Gasteiger partial charge in [0, 0.05) is 6.04 Å². The number of nitrogens with one attached hydrogen (secondary N) is 1. The van der Waals surface area contributed by atoms with Gasteiger partial charge in [-0.15, -0.1) is 0 Å². The first-order chi connectivity index (χ1) is 12.7. The first-order valence-electron chi connectivity index (χ1n) is 9.41. The van der Waals surface area contributed by atoms with Crippen molar-refractivity contribution in [3.05, 3.63) is 59.2 Å². The van der Waals surface area contributed by atoms with Crippen LogP contribution >= 0.6 is 0 Å². The quantitative estimate of drug-likeness (QED) is 0.676. The highest BCUT2D eigenvalue weighted by Crippen LogP contribution is 2.32. The van der Waals surface area contributed by atoms with Gasteiger partial charge in [-0.1, -0.05) is 58.0 Å². The predicted molar refractivity (Wildman–Crippen MR) is 111 cm³/mol. The Morgan fingerprint density at radius 1 is 1.04 bits per heavy atom. The van der Waals surface area contributed by atoms with Gasteiger partial charge >= 0.3 is 0 Å². The van der Waals surface area contributed by atoms with E-state index in [9.17, 15) is 8.42 Å². The summed E-state index contributed by atoms with van der Waals surface area (Å²) < 4.78 is 34.9. The number of ether oxygens (including phenoxy) is 1. The molecular formula is C22H31NO3S. The minimum atomic E-state index is -3.67. The van der Waals surface area contributed by atoms with Crippen molar-refractivity contribution < 1.29 is 13.2 Å². The van der Waals surface area contributed by atoms with Crippen molar-refractivity contribution in [1.82, 2.24) is 4.72 Å². The van der Waals surface area contributed by atoms with Crippen molar-refractivity contribution in [1.29, 1.82) is 0 Å². The molecule has 4 nitrogen and oxygen atoms in total. The monoisotopic (exact) mass is 389 g/mol. The zero-order valence-corrected chi connectivity index (χ0v) is 17.9. The summed E-state index contributed by atoms with van der Waals surface area (Å²) in [7, 11) is -2.06. The molecule has 0 aliphatic rings. The van der Waals surface area contributed by atoms with E-state index in [1.54, 1.807) is 20.1 Å². The molecule has 0 bridgehead atoms. The minimum Gasteiger partial charge on any atom is -0.496 e. The van der Waals surface area contributed by atoms with E-state index in [-0.39, 0.29) is 12.0 Å². The van der Waals surface area contributed by atoms with Gasteiger partial charge in [-0.25, -0.2) is 13.1 Å². The van der Waals surface area contributed by atoms with Crippen LogP contribution in [0.25, 0.3) is 0 Å². The number of hydrogen-bond donors (Lipinski definition) is 1. The highest BCUT2D eigenvalue weighted by Gasteiger charge is 2.25. The first kappa shape index (κ1) is 21.5. The molecule has 2 aromatic rings. The highest BCUT2D eigenvalue weighted by molar-refractivity contribution is 7.89. The van der Waals surface area contributed by atoms with Gasteiger partial charge < -0.3 is 4.74 Å². The number of benzene rings is 2. The fourth-order valence-electron chi connectivity index (χ4n) is 3.25. The molecule has 1 atom stereocenters. The summed E-state index contributed by atoms with van der Waals surface area (Å²) >= 11 is 0. The Balaban J connectivity index is 2.46. The maximum Gasteiger partial charge on any atom is 0.241 e. The van der Waals surface area contributed by atoms with Crippen LogP contribution in [0.3, 0.4) is 0 Å². The lowest BCUT2D eigenvalue weighted by Crippen LogP contribution is -2.30. The minimum absolute atomic E-state index is 0.162. The standard InChI is InChI=1S/C22H31NO3S/c1-15(2)12-20(18-10-8-7-9-11-18)23-27(24,25)22-14-19(16(3)4)21(26-6)13-17(22)5/h7-11,13-16,20,23H,12H2,1-6H3. The fraction of sp³-hybridized carbons (Fsp3) is 0.455. The topological polar surface area (TPSA) is 55.4 Å². The molecule has 5 heteroatoms. The fourth-order valence-corrected chi connectivity index (χ4v) is 4.75. The molecule has 0 aliphatic heterocycles. The largest absolute Gasteiger partial charge is 0.496 e. The van der Waals surface area contributed by atoms with Crippen LogP contribution in [0.15, 0.2) is 47.4 Å². The van der Waals surface area contributed by atoms with Crippen molar-refractivity contribution in [2.24, 2.45) is 5.92 Å². The molecule has 2 aromatic carbocycles. The molecule has 0 saturated heterocycles. The maximum absolute atomic E-state index is 13.2. The summed E-state index contributed by atoms with van der Waals surface area (Å²) in [5.41, 5.74) is 2.55. The third-order valence-corrected chi connectivity index (χ3v) is 6.26. The van der Waals surface area contributed by atoms with E-state index in [1.807, 2.05) is 50.2 Å². The highest BCUT2D eigenvalue weighted by atomic mass is 32.2. The van der Waals surface area contributed by atoms with Crippen molar-refractivity contribution in [2.75, 3.05) is 7.11 Å². The molecule has 2 rings (SSSR count). The van der Waals surface area contributed by atoms with Gasteiger partial charge in [0.05, 0.1) is 12.0 Å². The van der Waals surface area contributed by atoms with E-state index in [0.717, 1.165) is 23.3 Å². The number of methoxy groups -OCH3 is 1. The summed E-state index contributed by atoms with van der Waals surface area (Å²) in [6, 6.07) is 13.0. The van der Waals surface area contributed by atoms with Gasteiger partial charge in [-0.05, 0) is 54.0 Å². The molecule has 0 fully saturated rings. The zero-order valence-electron chi connectivity index (χ0n) is 17.1. The Hall–Kier alpha value is -1.85. The summed E-state index contributed by atoms with van der Waals surface area (Å²) in [5.74, 6) is 1.25. The molecular weight excluding hydrogens is 358 g/mol. The van der Waals surface area contributed by atoms with Crippen LogP contribution in [0.2, 0.25) is 0 Å². The van der Waals surface area contributed by atoms with Gasteiger partial charge in [0.1, 0.15) is 5.75 Å². The summed E-state index contributed by atoms with van der Waals surface area (Å²) in [6.07, 6.45) is 0.732. The van der Waals surface area contributed by atoms with Crippen LogP contribution in [-0.4, -0.2) is 15.5 Å². The molecule has 0 spiro atoms. The van der Waals surface area contributed by atoms with Gasteiger partial charge in [0.25, 0.3) is 0 Å². The van der Waals surface area contributed by atoms with Crippen molar-refractivity contribution >= 4 is 10.0 Å². The van der Waals surface area contributed by atoms with Crippen molar-refractivity contribution in [3.63, 3.8) is 0 Å².